The molecule has 1 aromatic heterocycles. The molecule has 0 aliphatic heterocycles. The van der Waals surface area contributed by atoms with Crippen LogP contribution >= 0.6 is 0 Å². The minimum atomic E-state index is -1.12. The number of hydrogen-bond acceptors (Lipinski definition) is 5. The third kappa shape index (κ3) is 3.42. The molecule has 0 spiro atoms. The molecule has 0 radical (unpaired) electrons. The fraction of sp³-hybridized carbons (Fsp3) is 0.154. The zero-order chi connectivity index (χ0) is 15.2. The van der Waals surface area contributed by atoms with Crippen molar-refractivity contribution in [3.8, 4) is 23.7 Å². The highest BCUT2D eigenvalue weighted by Gasteiger charge is 2.17. The van der Waals surface area contributed by atoms with E-state index in [1.807, 2.05) is 0 Å². The van der Waals surface area contributed by atoms with Gasteiger partial charge in [-0.2, -0.15) is 5.21 Å². The molecule has 8 nitrogen and oxygen atoms in total. The summed E-state index contributed by atoms with van der Waals surface area (Å²) in [6.07, 6.45) is 5.15. The second kappa shape index (κ2) is 6.29. The largest absolute Gasteiger partial charge is 0.480 e. The molecule has 8 heteroatoms. The van der Waals surface area contributed by atoms with Crippen LogP contribution in [0.15, 0.2) is 24.3 Å². The SMILES string of the molecule is C#CCN(CC(=O)O)C(=O)c1ccc(-c2nn[nH]n2)cc1. The molecule has 2 N–H and O–H groups in total. The Balaban J connectivity index is 2.18. The van der Waals surface area contributed by atoms with Crippen LogP contribution in [0.3, 0.4) is 0 Å². The number of tetrazole rings is 1. The van der Waals surface area contributed by atoms with Gasteiger partial charge < -0.3 is 10.0 Å². The summed E-state index contributed by atoms with van der Waals surface area (Å²) >= 11 is 0. The zero-order valence-corrected chi connectivity index (χ0v) is 10.9. The molecule has 0 saturated carbocycles. The Hall–Kier alpha value is -3.21. The van der Waals surface area contributed by atoms with Crippen LogP contribution < -0.4 is 0 Å². The molecular formula is C13H11N5O3. The number of H-pyrrole nitrogens is 1. The predicted octanol–water partition coefficient (Wildman–Crippen LogP) is 0.0267. The first-order valence-corrected chi connectivity index (χ1v) is 5.90. The van der Waals surface area contributed by atoms with Gasteiger partial charge in [-0.3, -0.25) is 9.59 Å². The van der Waals surface area contributed by atoms with E-state index in [9.17, 15) is 9.59 Å². The lowest BCUT2D eigenvalue weighted by molar-refractivity contribution is -0.137. The van der Waals surface area contributed by atoms with Crippen molar-refractivity contribution in [1.29, 1.82) is 0 Å². The number of terminal acetylenes is 1. The third-order valence-corrected chi connectivity index (χ3v) is 2.63. The lowest BCUT2D eigenvalue weighted by Crippen LogP contribution is -2.35. The molecule has 1 aromatic carbocycles. The van der Waals surface area contributed by atoms with Crippen LogP contribution in [-0.4, -0.2) is 55.6 Å². The maximum atomic E-state index is 12.2. The Labute approximate surface area is 119 Å². The molecule has 0 aliphatic rings. The average molecular weight is 285 g/mol. The Bertz CT molecular complexity index is 673. The molecule has 0 saturated heterocycles. The van der Waals surface area contributed by atoms with Crippen LogP contribution in [-0.2, 0) is 4.79 Å². The van der Waals surface area contributed by atoms with Crippen LogP contribution in [0.25, 0.3) is 11.4 Å². The van der Waals surface area contributed by atoms with Gasteiger partial charge in [0.2, 0.25) is 5.82 Å². The Morgan fingerprint density at radius 2 is 2.05 bits per heavy atom. The molecule has 0 unspecified atom stereocenters. The van der Waals surface area contributed by atoms with Crippen molar-refractivity contribution in [3.63, 3.8) is 0 Å². The van der Waals surface area contributed by atoms with Gasteiger partial charge in [-0.25, -0.2) is 0 Å². The lowest BCUT2D eigenvalue weighted by Gasteiger charge is -2.17. The molecule has 21 heavy (non-hydrogen) atoms. The molecule has 1 heterocycles. The summed E-state index contributed by atoms with van der Waals surface area (Å²) in [6, 6.07) is 6.40. The number of aliphatic carboxylic acids is 1. The van der Waals surface area contributed by atoms with Gasteiger partial charge in [0.25, 0.3) is 5.91 Å². The van der Waals surface area contributed by atoms with E-state index in [0.29, 0.717) is 17.0 Å². The average Bonchev–Trinajstić information content (AvgIpc) is 3.00. The minimum Gasteiger partial charge on any atom is -0.480 e. The Morgan fingerprint density at radius 1 is 1.33 bits per heavy atom. The molecule has 1 amide bonds. The van der Waals surface area contributed by atoms with Gasteiger partial charge >= 0.3 is 5.97 Å². The van der Waals surface area contributed by atoms with Crippen molar-refractivity contribution in [3.05, 3.63) is 29.8 Å². The highest BCUT2D eigenvalue weighted by molar-refractivity contribution is 5.96. The molecule has 0 bridgehead atoms. The van der Waals surface area contributed by atoms with Crippen molar-refractivity contribution in [2.75, 3.05) is 13.1 Å². The number of carbonyl (C=O) groups excluding carboxylic acids is 1. The van der Waals surface area contributed by atoms with E-state index in [0.717, 1.165) is 4.90 Å². The van der Waals surface area contributed by atoms with Crippen LogP contribution in [0.5, 0.6) is 0 Å². The summed E-state index contributed by atoms with van der Waals surface area (Å²) in [7, 11) is 0. The van der Waals surface area contributed by atoms with E-state index in [-0.39, 0.29) is 6.54 Å². The van der Waals surface area contributed by atoms with E-state index in [1.165, 1.54) is 0 Å². The van der Waals surface area contributed by atoms with Gasteiger partial charge in [0.15, 0.2) is 0 Å². The number of nitrogens with zero attached hydrogens (tertiary/aromatic N) is 4. The number of aromatic nitrogens is 4. The zero-order valence-electron chi connectivity index (χ0n) is 10.9. The molecule has 2 rings (SSSR count). The number of carboxylic acid groups (broad SMARTS) is 1. The summed E-state index contributed by atoms with van der Waals surface area (Å²) < 4.78 is 0. The van der Waals surface area contributed by atoms with Gasteiger partial charge in [-0.05, 0) is 17.3 Å². The normalized spacial score (nSPS) is 9.86. The standard InChI is InChI=1S/C13H11N5O3/c1-2-7-18(8-11(19)20)13(21)10-5-3-9(4-6-10)12-14-16-17-15-12/h1,3-6H,7-8H2,(H,19,20)(H,14,15,16,17). The summed E-state index contributed by atoms with van der Waals surface area (Å²) in [5.41, 5.74) is 1.01. The van der Waals surface area contributed by atoms with Crippen LogP contribution in [0.2, 0.25) is 0 Å². The third-order valence-electron chi connectivity index (χ3n) is 2.63. The van der Waals surface area contributed by atoms with Gasteiger partial charge in [0, 0.05) is 11.1 Å². The quantitative estimate of drug-likeness (QED) is 0.749. The molecule has 0 aliphatic carbocycles. The van der Waals surface area contributed by atoms with Crippen molar-refractivity contribution in [1.82, 2.24) is 25.5 Å². The maximum Gasteiger partial charge on any atom is 0.323 e. The second-order valence-corrected chi connectivity index (χ2v) is 4.07. The number of carbonyl (C=O) groups is 2. The first kappa shape index (κ1) is 14.2. The van der Waals surface area contributed by atoms with Gasteiger partial charge in [0.1, 0.15) is 6.54 Å². The molecule has 106 valence electrons. The summed E-state index contributed by atoms with van der Waals surface area (Å²) in [4.78, 5) is 24.0. The number of carboxylic acids is 1. The molecule has 0 fully saturated rings. The number of amides is 1. The second-order valence-electron chi connectivity index (χ2n) is 4.07. The maximum absolute atomic E-state index is 12.2. The van der Waals surface area contributed by atoms with E-state index in [1.54, 1.807) is 24.3 Å². The molecule has 2 aromatic rings. The fourth-order valence-electron chi connectivity index (χ4n) is 1.70. The first-order valence-electron chi connectivity index (χ1n) is 5.90. The topological polar surface area (TPSA) is 112 Å². The molecule has 0 atom stereocenters. The molecular weight excluding hydrogens is 274 g/mol. The van der Waals surface area contributed by atoms with Crippen LogP contribution in [0.1, 0.15) is 10.4 Å². The van der Waals surface area contributed by atoms with E-state index < -0.39 is 18.4 Å². The number of rotatable bonds is 5. The van der Waals surface area contributed by atoms with Crippen molar-refractivity contribution >= 4 is 11.9 Å². The fourth-order valence-corrected chi connectivity index (χ4v) is 1.70. The summed E-state index contributed by atoms with van der Waals surface area (Å²) in [6.45, 7) is -0.520. The predicted molar refractivity (Wildman–Crippen MR) is 72.0 cm³/mol. The van der Waals surface area contributed by atoms with E-state index >= 15 is 0 Å². The summed E-state index contributed by atoms with van der Waals surface area (Å²) in [5, 5.41) is 22.2. The Morgan fingerprint density at radius 3 is 2.57 bits per heavy atom. The smallest absolute Gasteiger partial charge is 0.323 e. The lowest BCUT2D eigenvalue weighted by atomic mass is 10.1. The van der Waals surface area contributed by atoms with Crippen molar-refractivity contribution in [2.45, 2.75) is 0 Å². The number of hydrogen-bond donors (Lipinski definition) is 2. The summed E-state index contributed by atoms with van der Waals surface area (Å²) in [5.74, 6) is 1.10. The number of aromatic amines is 1. The van der Waals surface area contributed by atoms with E-state index in [2.05, 4.69) is 26.5 Å². The minimum absolute atomic E-state index is 0.0717. The first-order chi connectivity index (χ1) is 10.1. The highest BCUT2D eigenvalue weighted by Crippen LogP contribution is 2.15. The van der Waals surface area contributed by atoms with Gasteiger partial charge in [-0.1, -0.05) is 18.1 Å². The number of benzene rings is 1. The van der Waals surface area contributed by atoms with Crippen LogP contribution in [0, 0.1) is 12.3 Å². The van der Waals surface area contributed by atoms with Crippen molar-refractivity contribution in [2.24, 2.45) is 0 Å². The van der Waals surface area contributed by atoms with Gasteiger partial charge in [0.05, 0.1) is 6.54 Å². The number of nitrogens with one attached hydrogen (secondary N) is 1. The Kier molecular flexibility index (Phi) is 4.26. The monoisotopic (exact) mass is 285 g/mol. The van der Waals surface area contributed by atoms with Crippen LogP contribution in [0.4, 0.5) is 0 Å². The van der Waals surface area contributed by atoms with Crippen molar-refractivity contribution < 1.29 is 14.7 Å². The van der Waals surface area contributed by atoms with Gasteiger partial charge in [-0.15, -0.1) is 16.6 Å². The van der Waals surface area contributed by atoms with E-state index in [4.69, 9.17) is 11.5 Å². The highest BCUT2D eigenvalue weighted by atomic mass is 16.4.